The first-order valence-electron chi connectivity index (χ1n) is 7.09. The molecular formula is C15H10ClF4N5O. The van der Waals surface area contributed by atoms with Crippen molar-refractivity contribution in [3.8, 4) is 0 Å². The van der Waals surface area contributed by atoms with Gasteiger partial charge in [-0.15, -0.1) is 11.6 Å². The molecule has 0 amide bonds. The molecule has 2 heterocycles. The van der Waals surface area contributed by atoms with Crippen LogP contribution in [-0.4, -0.2) is 26.0 Å². The predicted octanol–water partition coefficient (Wildman–Crippen LogP) is 4.10. The van der Waals surface area contributed by atoms with E-state index in [2.05, 4.69) is 25.4 Å². The van der Waals surface area contributed by atoms with Crippen molar-refractivity contribution < 1.29 is 22.8 Å². The monoisotopic (exact) mass is 387 g/mol. The number of aromatic nitrogens is 3. The van der Waals surface area contributed by atoms with Crippen LogP contribution in [-0.2, 0) is 12.1 Å². The van der Waals surface area contributed by atoms with Gasteiger partial charge in [-0.05, 0) is 24.3 Å². The summed E-state index contributed by atoms with van der Waals surface area (Å²) in [4.78, 5) is 11.1. The van der Waals surface area contributed by atoms with Gasteiger partial charge in [0.2, 0.25) is 0 Å². The zero-order chi connectivity index (χ0) is 18.9. The number of nitrogens with zero attached hydrogens (tertiary/aromatic N) is 3. The van der Waals surface area contributed by atoms with E-state index in [-0.39, 0.29) is 23.0 Å². The Hall–Kier alpha value is -2.88. The van der Waals surface area contributed by atoms with Crippen molar-refractivity contribution in [1.29, 1.82) is 0 Å². The second-order valence-corrected chi connectivity index (χ2v) is 5.41. The van der Waals surface area contributed by atoms with Crippen molar-refractivity contribution in [2.45, 2.75) is 12.1 Å². The van der Waals surface area contributed by atoms with Crippen LogP contribution in [0.2, 0.25) is 0 Å². The number of benzene rings is 1. The first kappa shape index (κ1) is 17.9. The molecule has 2 aromatic heterocycles. The SMILES string of the molecule is O/N=C(/Nc1ccc(F)c(C(F)(F)F)c1)c1ccnc2[nH]c(CCl)nc12. The van der Waals surface area contributed by atoms with E-state index in [0.29, 0.717) is 29.1 Å². The van der Waals surface area contributed by atoms with Crippen molar-refractivity contribution in [3.63, 3.8) is 0 Å². The normalized spacial score (nSPS) is 12.6. The number of alkyl halides is 4. The van der Waals surface area contributed by atoms with Crippen LogP contribution in [0.25, 0.3) is 11.2 Å². The highest BCUT2D eigenvalue weighted by molar-refractivity contribution is 6.17. The summed E-state index contributed by atoms with van der Waals surface area (Å²) in [6.07, 6.45) is -3.47. The zero-order valence-electron chi connectivity index (χ0n) is 12.8. The number of aromatic amines is 1. The van der Waals surface area contributed by atoms with Crippen LogP contribution in [0.15, 0.2) is 35.6 Å². The molecule has 136 valence electrons. The minimum atomic E-state index is -4.86. The van der Waals surface area contributed by atoms with Gasteiger partial charge in [-0.25, -0.2) is 14.4 Å². The molecule has 0 radical (unpaired) electrons. The predicted molar refractivity (Wildman–Crippen MR) is 86.8 cm³/mol. The van der Waals surface area contributed by atoms with Gasteiger partial charge in [0, 0.05) is 11.9 Å². The molecule has 1 aromatic carbocycles. The average Bonchev–Trinajstić information content (AvgIpc) is 3.03. The number of halogens is 5. The lowest BCUT2D eigenvalue weighted by Crippen LogP contribution is -2.16. The van der Waals surface area contributed by atoms with E-state index >= 15 is 0 Å². The van der Waals surface area contributed by atoms with Gasteiger partial charge in [0.15, 0.2) is 11.5 Å². The molecule has 0 fully saturated rings. The maximum atomic E-state index is 13.4. The molecule has 3 N–H and O–H groups in total. The lowest BCUT2D eigenvalue weighted by atomic mass is 10.1. The molecule has 0 aliphatic heterocycles. The summed E-state index contributed by atoms with van der Waals surface area (Å²) < 4.78 is 51.9. The fourth-order valence-electron chi connectivity index (χ4n) is 2.32. The summed E-state index contributed by atoms with van der Waals surface area (Å²) >= 11 is 5.71. The number of pyridine rings is 1. The van der Waals surface area contributed by atoms with E-state index in [0.717, 1.165) is 6.07 Å². The van der Waals surface area contributed by atoms with Crippen LogP contribution < -0.4 is 5.32 Å². The molecule has 26 heavy (non-hydrogen) atoms. The number of H-pyrrole nitrogens is 1. The maximum absolute atomic E-state index is 13.4. The number of hydrogen-bond donors (Lipinski definition) is 3. The summed E-state index contributed by atoms with van der Waals surface area (Å²) in [5.41, 5.74) is -0.630. The minimum absolute atomic E-state index is 0.0851. The van der Waals surface area contributed by atoms with Crippen LogP contribution in [0, 0.1) is 5.82 Å². The molecule has 0 spiro atoms. The van der Waals surface area contributed by atoms with E-state index in [1.807, 2.05) is 0 Å². The topological polar surface area (TPSA) is 86.2 Å². The summed E-state index contributed by atoms with van der Waals surface area (Å²) in [6.45, 7) is 0. The second-order valence-electron chi connectivity index (χ2n) is 5.14. The van der Waals surface area contributed by atoms with Gasteiger partial charge in [-0.2, -0.15) is 13.2 Å². The number of amidine groups is 1. The molecule has 0 saturated carbocycles. The first-order chi connectivity index (χ1) is 12.3. The Balaban J connectivity index is 2.01. The van der Waals surface area contributed by atoms with Crippen molar-refractivity contribution in [2.75, 3.05) is 5.32 Å². The number of nitrogens with one attached hydrogen (secondary N) is 2. The highest BCUT2D eigenvalue weighted by Crippen LogP contribution is 2.33. The third-order valence-corrected chi connectivity index (χ3v) is 3.70. The fourth-order valence-corrected chi connectivity index (χ4v) is 2.44. The Kier molecular flexibility index (Phi) is 4.68. The van der Waals surface area contributed by atoms with Crippen molar-refractivity contribution in [3.05, 3.63) is 53.2 Å². The maximum Gasteiger partial charge on any atom is 0.419 e. The largest absolute Gasteiger partial charge is 0.419 e. The Morgan fingerprint density at radius 2 is 2.08 bits per heavy atom. The molecule has 6 nitrogen and oxygen atoms in total. The zero-order valence-corrected chi connectivity index (χ0v) is 13.5. The molecule has 0 aliphatic carbocycles. The Morgan fingerprint density at radius 3 is 2.73 bits per heavy atom. The van der Waals surface area contributed by atoms with Gasteiger partial charge in [0.1, 0.15) is 17.2 Å². The molecule has 0 atom stereocenters. The second kappa shape index (κ2) is 6.79. The van der Waals surface area contributed by atoms with Gasteiger partial charge >= 0.3 is 6.18 Å². The molecule has 0 saturated heterocycles. The van der Waals surface area contributed by atoms with Crippen LogP contribution >= 0.6 is 11.6 Å². The molecule has 0 unspecified atom stereocenters. The van der Waals surface area contributed by atoms with Crippen LogP contribution in [0.3, 0.4) is 0 Å². The Morgan fingerprint density at radius 1 is 1.31 bits per heavy atom. The van der Waals surface area contributed by atoms with Gasteiger partial charge in [-0.3, -0.25) is 0 Å². The van der Waals surface area contributed by atoms with Gasteiger partial charge < -0.3 is 15.5 Å². The lowest BCUT2D eigenvalue weighted by Gasteiger charge is -2.12. The third-order valence-electron chi connectivity index (χ3n) is 3.45. The standard InChI is InChI=1S/C15H10ClF4N5O/c16-6-11-23-12-8(3-4-21-14(12)24-11)13(25-26)22-7-1-2-10(17)9(5-7)15(18,19)20/h1-5,26H,6H2,(H,22,25)(H,21,23,24). The average molecular weight is 388 g/mol. The highest BCUT2D eigenvalue weighted by atomic mass is 35.5. The van der Waals surface area contributed by atoms with Crippen LogP contribution in [0.1, 0.15) is 17.0 Å². The van der Waals surface area contributed by atoms with E-state index in [9.17, 15) is 22.8 Å². The number of fused-ring (bicyclic) bond motifs is 1. The molecule has 3 rings (SSSR count). The smallest absolute Gasteiger partial charge is 0.409 e. The van der Waals surface area contributed by atoms with E-state index < -0.39 is 17.6 Å². The summed E-state index contributed by atoms with van der Waals surface area (Å²) in [5.74, 6) is -1.09. The number of oxime groups is 1. The molecular weight excluding hydrogens is 378 g/mol. The highest BCUT2D eigenvalue weighted by Gasteiger charge is 2.34. The van der Waals surface area contributed by atoms with Gasteiger partial charge in [0.05, 0.1) is 17.0 Å². The number of hydrogen-bond acceptors (Lipinski definition) is 4. The number of imidazole rings is 1. The molecule has 0 aliphatic rings. The minimum Gasteiger partial charge on any atom is -0.409 e. The number of rotatable bonds is 3. The van der Waals surface area contributed by atoms with Crippen LogP contribution in [0.4, 0.5) is 23.2 Å². The van der Waals surface area contributed by atoms with E-state index in [4.69, 9.17) is 11.6 Å². The Labute approximate surface area is 148 Å². The number of anilines is 1. The summed E-state index contributed by atoms with van der Waals surface area (Å²) in [5, 5.41) is 14.9. The van der Waals surface area contributed by atoms with E-state index in [1.54, 1.807) is 0 Å². The molecule has 11 heteroatoms. The summed E-state index contributed by atoms with van der Waals surface area (Å²) in [6, 6.07) is 3.79. The fraction of sp³-hybridized carbons (Fsp3) is 0.133. The van der Waals surface area contributed by atoms with E-state index in [1.165, 1.54) is 12.3 Å². The van der Waals surface area contributed by atoms with Crippen molar-refractivity contribution in [2.24, 2.45) is 5.16 Å². The molecule has 0 bridgehead atoms. The van der Waals surface area contributed by atoms with Crippen molar-refractivity contribution in [1.82, 2.24) is 15.0 Å². The van der Waals surface area contributed by atoms with Gasteiger partial charge in [-0.1, -0.05) is 5.16 Å². The van der Waals surface area contributed by atoms with Crippen molar-refractivity contribution >= 4 is 34.3 Å². The van der Waals surface area contributed by atoms with Gasteiger partial charge in [0.25, 0.3) is 0 Å². The van der Waals surface area contributed by atoms with Crippen LogP contribution in [0.5, 0.6) is 0 Å². The quantitative estimate of drug-likeness (QED) is 0.158. The first-order valence-corrected chi connectivity index (χ1v) is 7.62. The third kappa shape index (κ3) is 3.40. The Bertz CT molecular complexity index is 986. The lowest BCUT2D eigenvalue weighted by molar-refractivity contribution is -0.139. The molecule has 3 aromatic rings. The summed E-state index contributed by atoms with van der Waals surface area (Å²) in [7, 11) is 0.